The van der Waals surface area contributed by atoms with Crippen LogP contribution in [0.5, 0.6) is 0 Å². The molecule has 5 nitrogen and oxygen atoms in total. The van der Waals surface area contributed by atoms with Gasteiger partial charge in [-0.15, -0.1) is 0 Å². The lowest BCUT2D eigenvalue weighted by Gasteiger charge is -2.13. The van der Waals surface area contributed by atoms with Crippen molar-refractivity contribution in [2.45, 2.75) is 0 Å². The summed E-state index contributed by atoms with van der Waals surface area (Å²) in [4.78, 5) is 14.9. The number of fused-ring (bicyclic) bond motifs is 8. The second-order valence-corrected chi connectivity index (χ2v) is 10.1. The molecule has 0 aliphatic carbocycles. The standard InChI is InChI=1S/C35H20N4O/c1-2-9-22-19-30-27(18-21(22)8-1)24-10-3-5-13-29(24)39(30)35-33(37-28-12-7-17-36-34(28)38-35)23-15-16-26-25-11-4-6-14-31(25)40-32(26)20-23/h1-20H. The highest BCUT2D eigenvalue weighted by atomic mass is 16.3. The average Bonchev–Trinajstić information content (AvgIpc) is 3.54. The number of nitrogens with zero attached hydrogens (tertiary/aromatic N) is 4. The van der Waals surface area contributed by atoms with Gasteiger partial charge in [-0.2, -0.15) is 0 Å². The number of pyridine rings is 1. The van der Waals surface area contributed by atoms with Gasteiger partial charge in [0.15, 0.2) is 11.5 Å². The maximum Gasteiger partial charge on any atom is 0.180 e. The van der Waals surface area contributed by atoms with Crippen LogP contribution in [0.25, 0.3) is 82.8 Å². The third-order valence-corrected chi connectivity index (χ3v) is 7.83. The lowest BCUT2D eigenvalue weighted by molar-refractivity contribution is 0.669. The van der Waals surface area contributed by atoms with Crippen LogP contribution >= 0.6 is 0 Å². The van der Waals surface area contributed by atoms with Crippen molar-refractivity contribution in [2.75, 3.05) is 0 Å². The van der Waals surface area contributed by atoms with E-state index in [1.54, 1.807) is 6.20 Å². The van der Waals surface area contributed by atoms with Crippen molar-refractivity contribution in [3.05, 3.63) is 121 Å². The molecule has 0 aliphatic heterocycles. The summed E-state index contributed by atoms with van der Waals surface area (Å²) in [6.07, 6.45) is 1.76. The quantitative estimate of drug-likeness (QED) is 0.232. The fourth-order valence-electron chi connectivity index (χ4n) is 5.99. The molecule has 0 fully saturated rings. The van der Waals surface area contributed by atoms with Gasteiger partial charge in [-0.3, -0.25) is 4.57 Å². The molecule has 5 heteroatoms. The Morgan fingerprint density at radius 3 is 2.25 bits per heavy atom. The SMILES string of the molecule is c1ccc2cc3c(cc2c1)c1ccccc1n3-c1nc2ncccc2nc1-c1ccc2c(c1)oc1ccccc12. The number of hydrogen-bond donors (Lipinski definition) is 0. The van der Waals surface area contributed by atoms with E-state index in [4.69, 9.17) is 14.4 Å². The minimum absolute atomic E-state index is 0.609. The van der Waals surface area contributed by atoms with Crippen LogP contribution in [-0.4, -0.2) is 19.5 Å². The molecule has 0 unspecified atom stereocenters. The molecule has 4 aromatic heterocycles. The van der Waals surface area contributed by atoms with E-state index in [9.17, 15) is 0 Å². The first-order valence-electron chi connectivity index (χ1n) is 13.3. The summed E-state index contributed by atoms with van der Waals surface area (Å²) in [6.45, 7) is 0. The smallest absolute Gasteiger partial charge is 0.180 e. The van der Waals surface area contributed by atoms with Gasteiger partial charge in [0.05, 0.1) is 11.0 Å². The molecule has 5 aromatic carbocycles. The van der Waals surface area contributed by atoms with Crippen LogP contribution in [0.2, 0.25) is 0 Å². The Balaban J connectivity index is 1.41. The maximum atomic E-state index is 6.25. The summed E-state index contributed by atoms with van der Waals surface area (Å²) < 4.78 is 8.49. The van der Waals surface area contributed by atoms with Crippen molar-refractivity contribution in [1.82, 2.24) is 19.5 Å². The Kier molecular flexibility index (Phi) is 4.27. The van der Waals surface area contributed by atoms with Crippen LogP contribution in [0.3, 0.4) is 0 Å². The van der Waals surface area contributed by atoms with E-state index in [1.807, 2.05) is 30.3 Å². The number of hydrogen-bond acceptors (Lipinski definition) is 4. The summed E-state index contributed by atoms with van der Waals surface area (Å²) in [5.74, 6) is 0.739. The Labute approximate surface area is 228 Å². The summed E-state index contributed by atoms with van der Waals surface area (Å²) in [5.41, 5.74) is 6.92. The number of para-hydroxylation sites is 2. The fourth-order valence-corrected chi connectivity index (χ4v) is 5.99. The Hall–Kier alpha value is -5.55. The first-order chi connectivity index (χ1) is 19.8. The summed E-state index contributed by atoms with van der Waals surface area (Å²) in [5, 5.41) is 6.92. The molecule has 9 rings (SSSR count). The van der Waals surface area contributed by atoms with E-state index in [0.717, 1.165) is 55.6 Å². The van der Waals surface area contributed by atoms with Gasteiger partial charge in [-0.1, -0.05) is 66.7 Å². The minimum atomic E-state index is 0.609. The summed E-state index contributed by atoms with van der Waals surface area (Å²) in [7, 11) is 0. The molecule has 0 radical (unpaired) electrons. The van der Waals surface area contributed by atoms with E-state index in [1.165, 1.54) is 21.5 Å². The van der Waals surface area contributed by atoms with Crippen LogP contribution in [0.1, 0.15) is 0 Å². The largest absolute Gasteiger partial charge is 0.456 e. The predicted octanol–water partition coefficient (Wildman–Crippen LogP) is 8.84. The lowest BCUT2D eigenvalue weighted by atomic mass is 10.1. The molecular weight excluding hydrogens is 492 g/mol. The summed E-state index contributed by atoms with van der Waals surface area (Å²) in [6, 6.07) is 39.8. The van der Waals surface area contributed by atoms with E-state index < -0.39 is 0 Å². The first kappa shape index (κ1) is 21.4. The van der Waals surface area contributed by atoms with E-state index in [0.29, 0.717) is 5.65 Å². The number of benzene rings is 5. The molecule has 0 spiro atoms. The second-order valence-electron chi connectivity index (χ2n) is 10.1. The molecule has 0 saturated carbocycles. The van der Waals surface area contributed by atoms with Gasteiger partial charge in [0, 0.05) is 33.3 Å². The second kappa shape index (κ2) is 7.98. The zero-order valence-corrected chi connectivity index (χ0v) is 21.2. The highest BCUT2D eigenvalue weighted by molar-refractivity contribution is 6.14. The monoisotopic (exact) mass is 512 g/mol. The van der Waals surface area contributed by atoms with Crippen molar-refractivity contribution in [3.63, 3.8) is 0 Å². The molecule has 40 heavy (non-hydrogen) atoms. The predicted molar refractivity (Wildman–Crippen MR) is 162 cm³/mol. The maximum absolute atomic E-state index is 6.25. The Bertz CT molecular complexity index is 2450. The van der Waals surface area contributed by atoms with E-state index in [2.05, 4.69) is 94.5 Å². The van der Waals surface area contributed by atoms with Gasteiger partial charge in [-0.05, 0) is 59.3 Å². The third-order valence-electron chi connectivity index (χ3n) is 7.83. The number of rotatable bonds is 2. The zero-order chi connectivity index (χ0) is 26.2. The van der Waals surface area contributed by atoms with Crippen LogP contribution < -0.4 is 0 Å². The lowest BCUT2D eigenvalue weighted by Crippen LogP contribution is -2.04. The number of furan rings is 1. The molecule has 4 heterocycles. The van der Waals surface area contributed by atoms with Crippen molar-refractivity contribution < 1.29 is 4.42 Å². The van der Waals surface area contributed by atoms with Gasteiger partial charge in [-0.25, -0.2) is 15.0 Å². The minimum Gasteiger partial charge on any atom is -0.456 e. The Morgan fingerprint density at radius 1 is 0.550 bits per heavy atom. The van der Waals surface area contributed by atoms with Crippen LogP contribution in [0, 0.1) is 0 Å². The van der Waals surface area contributed by atoms with Crippen LogP contribution in [0.15, 0.2) is 126 Å². The molecule has 0 aliphatic rings. The number of aromatic nitrogens is 4. The topological polar surface area (TPSA) is 56.7 Å². The molecule has 0 saturated heterocycles. The van der Waals surface area contributed by atoms with Crippen LogP contribution in [0.4, 0.5) is 0 Å². The molecule has 0 bridgehead atoms. The van der Waals surface area contributed by atoms with Crippen molar-refractivity contribution in [2.24, 2.45) is 0 Å². The average molecular weight is 513 g/mol. The molecule has 0 amide bonds. The fraction of sp³-hybridized carbons (Fsp3) is 0. The van der Waals surface area contributed by atoms with Gasteiger partial charge < -0.3 is 4.42 Å². The third kappa shape index (κ3) is 3.00. The van der Waals surface area contributed by atoms with Gasteiger partial charge in [0.25, 0.3) is 0 Å². The molecule has 0 atom stereocenters. The first-order valence-corrected chi connectivity index (χ1v) is 13.3. The molecule has 0 N–H and O–H groups in total. The van der Waals surface area contributed by atoms with Crippen molar-refractivity contribution in [1.29, 1.82) is 0 Å². The van der Waals surface area contributed by atoms with Crippen LogP contribution in [-0.2, 0) is 0 Å². The van der Waals surface area contributed by atoms with Crippen molar-refractivity contribution >= 4 is 65.7 Å². The van der Waals surface area contributed by atoms with Gasteiger partial charge in [0.1, 0.15) is 22.4 Å². The highest BCUT2D eigenvalue weighted by Gasteiger charge is 2.20. The molecule has 9 aromatic rings. The van der Waals surface area contributed by atoms with Gasteiger partial charge >= 0.3 is 0 Å². The summed E-state index contributed by atoms with van der Waals surface area (Å²) >= 11 is 0. The Morgan fingerprint density at radius 2 is 1.32 bits per heavy atom. The van der Waals surface area contributed by atoms with E-state index in [-0.39, 0.29) is 0 Å². The highest BCUT2D eigenvalue weighted by Crippen LogP contribution is 2.38. The van der Waals surface area contributed by atoms with Gasteiger partial charge in [0.2, 0.25) is 0 Å². The van der Waals surface area contributed by atoms with E-state index >= 15 is 0 Å². The normalized spacial score (nSPS) is 12.0. The zero-order valence-electron chi connectivity index (χ0n) is 21.2. The molecule has 186 valence electrons. The van der Waals surface area contributed by atoms with Crippen molar-refractivity contribution in [3.8, 4) is 17.1 Å². The molecular formula is C35H20N4O.